The molecule has 27 heavy (non-hydrogen) atoms. The number of hydrogen-bond acceptors (Lipinski definition) is 4. The van der Waals surface area contributed by atoms with Crippen LogP contribution in [0.3, 0.4) is 0 Å². The standard InChI is InChI=1S/C20H20BrN3O2S/c1-13(2)8-9-26-18-7-6-15(11-17(18)21)19(25)24-20(27)23-16-5-3-4-14(10-16)12-22/h3-7,10-11,13H,8-9H2,1-2H3,(H2,23,24,25,27). The second-order valence-electron chi connectivity index (χ2n) is 6.28. The summed E-state index contributed by atoms with van der Waals surface area (Å²) in [6.07, 6.45) is 0.960. The molecule has 0 aliphatic rings. The first-order chi connectivity index (χ1) is 12.9. The van der Waals surface area contributed by atoms with E-state index in [4.69, 9.17) is 22.2 Å². The maximum absolute atomic E-state index is 12.4. The number of nitriles is 1. The monoisotopic (exact) mass is 445 g/mol. The number of thiocarbonyl (C=S) groups is 1. The Bertz CT molecular complexity index is 878. The second-order valence-corrected chi connectivity index (χ2v) is 7.54. The van der Waals surface area contributed by atoms with Gasteiger partial charge in [0.2, 0.25) is 0 Å². The first kappa shape index (κ1) is 20.9. The fraction of sp³-hybridized carbons (Fsp3) is 0.250. The SMILES string of the molecule is CC(C)CCOc1ccc(C(=O)NC(=S)Nc2cccc(C#N)c2)cc1Br. The predicted octanol–water partition coefficient (Wildman–Crippen LogP) is 4.87. The molecule has 0 spiro atoms. The Labute approximate surface area is 172 Å². The van der Waals surface area contributed by atoms with E-state index in [0.29, 0.717) is 39.6 Å². The van der Waals surface area contributed by atoms with Gasteiger partial charge in [0.1, 0.15) is 5.75 Å². The van der Waals surface area contributed by atoms with Crippen LogP contribution in [0.15, 0.2) is 46.9 Å². The second kappa shape index (κ2) is 10.0. The van der Waals surface area contributed by atoms with Gasteiger partial charge in [-0.15, -0.1) is 0 Å². The number of ether oxygens (including phenoxy) is 1. The highest BCUT2D eigenvalue weighted by Crippen LogP contribution is 2.26. The van der Waals surface area contributed by atoms with E-state index in [9.17, 15) is 4.79 Å². The molecule has 2 N–H and O–H groups in total. The van der Waals surface area contributed by atoms with Crippen LogP contribution in [0.25, 0.3) is 0 Å². The molecule has 5 nitrogen and oxygen atoms in total. The largest absolute Gasteiger partial charge is 0.492 e. The zero-order chi connectivity index (χ0) is 19.8. The lowest BCUT2D eigenvalue weighted by Gasteiger charge is -2.12. The fourth-order valence-electron chi connectivity index (χ4n) is 2.17. The molecule has 0 aliphatic carbocycles. The van der Waals surface area contributed by atoms with E-state index < -0.39 is 0 Å². The van der Waals surface area contributed by atoms with E-state index in [0.717, 1.165) is 6.42 Å². The number of halogens is 1. The molecule has 0 unspecified atom stereocenters. The lowest BCUT2D eigenvalue weighted by atomic mass is 10.1. The number of nitrogens with zero attached hydrogens (tertiary/aromatic N) is 1. The van der Waals surface area contributed by atoms with Gasteiger partial charge in [0.15, 0.2) is 5.11 Å². The maximum Gasteiger partial charge on any atom is 0.257 e. The fourth-order valence-corrected chi connectivity index (χ4v) is 2.87. The van der Waals surface area contributed by atoms with Crippen LogP contribution < -0.4 is 15.4 Å². The molecule has 0 radical (unpaired) electrons. The number of carbonyl (C=O) groups excluding carboxylic acids is 1. The number of hydrogen-bond donors (Lipinski definition) is 2. The minimum Gasteiger partial charge on any atom is -0.492 e. The summed E-state index contributed by atoms with van der Waals surface area (Å²) in [5.41, 5.74) is 1.59. The smallest absolute Gasteiger partial charge is 0.257 e. The van der Waals surface area contributed by atoms with Crippen molar-refractivity contribution in [1.82, 2.24) is 5.32 Å². The molecule has 0 atom stereocenters. The van der Waals surface area contributed by atoms with Crippen LogP contribution in [0, 0.1) is 17.2 Å². The first-order valence-electron chi connectivity index (χ1n) is 8.44. The van der Waals surface area contributed by atoms with Crippen molar-refractivity contribution in [2.75, 3.05) is 11.9 Å². The Kier molecular flexibility index (Phi) is 7.77. The summed E-state index contributed by atoms with van der Waals surface area (Å²) in [6.45, 7) is 4.90. The average Bonchev–Trinajstić information content (AvgIpc) is 2.62. The van der Waals surface area contributed by atoms with E-state index in [1.54, 1.807) is 42.5 Å². The van der Waals surface area contributed by atoms with Gasteiger partial charge in [-0.05, 0) is 76.9 Å². The predicted molar refractivity (Wildman–Crippen MR) is 114 cm³/mol. The summed E-state index contributed by atoms with van der Waals surface area (Å²) in [6, 6.07) is 14.0. The molecule has 0 heterocycles. The van der Waals surface area contributed by atoms with Crippen molar-refractivity contribution < 1.29 is 9.53 Å². The van der Waals surface area contributed by atoms with Gasteiger partial charge in [0.05, 0.1) is 22.7 Å². The summed E-state index contributed by atoms with van der Waals surface area (Å²) in [5, 5.41) is 14.6. The van der Waals surface area contributed by atoms with Gasteiger partial charge in [-0.25, -0.2) is 0 Å². The minimum absolute atomic E-state index is 0.156. The molecule has 2 aromatic carbocycles. The molecule has 0 aliphatic heterocycles. The number of carbonyl (C=O) groups is 1. The maximum atomic E-state index is 12.4. The van der Waals surface area contributed by atoms with E-state index in [1.165, 1.54) is 0 Å². The quantitative estimate of drug-likeness (QED) is 0.620. The molecule has 0 saturated carbocycles. The van der Waals surface area contributed by atoms with Gasteiger partial charge < -0.3 is 10.1 Å². The van der Waals surface area contributed by atoms with Gasteiger partial charge in [-0.3, -0.25) is 10.1 Å². The number of rotatable bonds is 6. The topological polar surface area (TPSA) is 74.2 Å². The number of anilines is 1. The van der Waals surface area contributed by atoms with Crippen LogP contribution in [0.4, 0.5) is 5.69 Å². The Balaban J connectivity index is 1.95. The molecule has 0 aromatic heterocycles. The molecule has 0 fully saturated rings. The number of nitrogens with one attached hydrogen (secondary N) is 2. The number of amides is 1. The Morgan fingerprint density at radius 2 is 2.07 bits per heavy atom. The normalized spacial score (nSPS) is 10.2. The molecular weight excluding hydrogens is 426 g/mol. The summed E-state index contributed by atoms with van der Waals surface area (Å²) in [4.78, 5) is 12.4. The third-order valence-electron chi connectivity index (χ3n) is 3.62. The highest BCUT2D eigenvalue weighted by atomic mass is 79.9. The molecule has 0 bridgehead atoms. The van der Waals surface area contributed by atoms with Crippen molar-refractivity contribution in [1.29, 1.82) is 5.26 Å². The zero-order valence-electron chi connectivity index (χ0n) is 15.1. The highest BCUT2D eigenvalue weighted by molar-refractivity contribution is 9.10. The number of benzene rings is 2. The molecule has 2 aromatic rings. The third-order valence-corrected chi connectivity index (χ3v) is 4.45. The van der Waals surface area contributed by atoms with Crippen LogP contribution in [-0.4, -0.2) is 17.6 Å². The minimum atomic E-state index is -0.335. The molecule has 0 saturated heterocycles. The molecule has 140 valence electrons. The van der Waals surface area contributed by atoms with E-state index in [2.05, 4.69) is 46.5 Å². The van der Waals surface area contributed by atoms with Crippen molar-refractivity contribution in [3.8, 4) is 11.8 Å². The van der Waals surface area contributed by atoms with E-state index in [-0.39, 0.29) is 11.0 Å². The van der Waals surface area contributed by atoms with Crippen LogP contribution in [-0.2, 0) is 0 Å². The summed E-state index contributed by atoms with van der Waals surface area (Å²) in [5.74, 6) is 0.927. The zero-order valence-corrected chi connectivity index (χ0v) is 17.5. The molecular formula is C20H20BrN3O2S. The highest BCUT2D eigenvalue weighted by Gasteiger charge is 2.11. The Morgan fingerprint density at radius 1 is 1.30 bits per heavy atom. The van der Waals surface area contributed by atoms with Crippen molar-refractivity contribution >= 4 is 44.9 Å². The Morgan fingerprint density at radius 3 is 2.74 bits per heavy atom. The van der Waals surface area contributed by atoms with Crippen molar-refractivity contribution in [2.24, 2.45) is 5.92 Å². The van der Waals surface area contributed by atoms with E-state index >= 15 is 0 Å². The summed E-state index contributed by atoms with van der Waals surface area (Å²) < 4.78 is 6.43. The lowest BCUT2D eigenvalue weighted by Crippen LogP contribution is -2.34. The van der Waals surface area contributed by atoms with Crippen LogP contribution >= 0.6 is 28.1 Å². The summed E-state index contributed by atoms with van der Waals surface area (Å²) in [7, 11) is 0. The third kappa shape index (κ3) is 6.66. The molecule has 7 heteroatoms. The van der Waals surface area contributed by atoms with Gasteiger partial charge >= 0.3 is 0 Å². The van der Waals surface area contributed by atoms with Crippen molar-refractivity contribution in [3.63, 3.8) is 0 Å². The van der Waals surface area contributed by atoms with Gasteiger partial charge in [0, 0.05) is 11.3 Å². The summed E-state index contributed by atoms with van der Waals surface area (Å²) >= 11 is 8.60. The van der Waals surface area contributed by atoms with Crippen LogP contribution in [0.2, 0.25) is 0 Å². The molecule has 2 rings (SSSR count). The van der Waals surface area contributed by atoms with Crippen LogP contribution in [0.5, 0.6) is 5.75 Å². The van der Waals surface area contributed by atoms with Crippen LogP contribution in [0.1, 0.15) is 36.2 Å². The van der Waals surface area contributed by atoms with E-state index in [1.807, 2.05) is 0 Å². The van der Waals surface area contributed by atoms with Crippen molar-refractivity contribution in [2.45, 2.75) is 20.3 Å². The van der Waals surface area contributed by atoms with Gasteiger partial charge in [-0.2, -0.15) is 5.26 Å². The van der Waals surface area contributed by atoms with Crippen molar-refractivity contribution in [3.05, 3.63) is 58.1 Å². The lowest BCUT2D eigenvalue weighted by molar-refractivity contribution is 0.0977. The molecule has 1 amide bonds. The first-order valence-corrected chi connectivity index (χ1v) is 9.64. The van der Waals surface area contributed by atoms with Gasteiger partial charge in [0.25, 0.3) is 5.91 Å². The van der Waals surface area contributed by atoms with Gasteiger partial charge in [-0.1, -0.05) is 19.9 Å². The average molecular weight is 446 g/mol. The Hall–Kier alpha value is -2.43.